The average molecular weight is 833 g/mol. The number of carbonyl (C=O) groups excluding carboxylic acids is 1. The van der Waals surface area contributed by atoms with Gasteiger partial charge in [0.15, 0.2) is 6.29 Å². The van der Waals surface area contributed by atoms with E-state index in [0.717, 1.165) is 93.3 Å². The van der Waals surface area contributed by atoms with Crippen LogP contribution in [0.4, 0.5) is 0 Å². The molecule has 4 fully saturated rings. The highest BCUT2D eigenvalue weighted by molar-refractivity contribution is 5.71. The van der Waals surface area contributed by atoms with Gasteiger partial charge >= 0.3 is 5.97 Å². The number of ether oxygens (including phenoxy) is 3. The van der Waals surface area contributed by atoms with Gasteiger partial charge in [0.1, 0.15) is 31.0 Å². The number of aliphatic hydroxyl groups excluding tert-OH is 3. The summed E-state index contributed by atoms with van der Waals surface area (Å²) >= 11 is 0. The van der Waals surface area contributed by atoms with Crippen molar-refractivity contribution < 1.29 is 34.3 Å². The molecule has 60 heavy (non-hydrogen) atoms. The predicted octanol–water partition coefficient (Wildman–Crippen LogP) is 11.5. The summed E-state index contributed by atoms with van der Waals surface area (Å²) < 4.78 is 17.9. The molecule has 1 saturated heterocycles. The zero-order chi connectivity index (χ0) is 43.3. The maximum absolute atomic E-state index is 12.5. The molecule has 0 aromatic carbocycles. The van der Waals surface area contributed by atoms with Crippen LogP contribution in [-0.2, 0) is 19.0 Å². The fraction of sp³-hybridized carbons (Fsp3) is 0.755. The molecule has 5 rings (SSSR count). The van der Waals surface area contributed by atoms with Crippen molar-refractivity contribution in [2.45, 2.75) is 194 Å². The number of fused-ring (bicyclic) bond motifs is 5. The van der Waals surface area contributed by atoms with Crippen LogP contribution in [0.15, 0.2) is 72.4 Å². The monoisotopic (exact) mass is 833 g/mol. The zero-order valence-electron chi connectivity index (χ0n) is 38.6. The maximum atomic E-state index is 12.5. The van der Waals surface area contributed by atoms with E-state index in [1.165, 1.54) is 50.5 Å². The maximum Gasteiger partial charge on any atom is 0.309 e. The molecule has 0 bridgehead atoms. The smallest absolute Gasteiger partial charge is 0.309 e. The molecule has 0 aromatic heterocycles. The number of esters is 1. The van der Waals surface area contributed by atoms with Crippen LogP contribution in [0.5, 0.6) is 0 Å². The first-order chi connectivity index (χ1) is 28.8. The van der Waals surface area contributed by atoms with E-state index in [9.17, 15) is 20.1 Å². The molecule has 14 atom stereocenters. The fourth-order valence-electron chi connectivity index (χ4n) is 12.4. The lowest BCUT2D eigenvalue weighted by atomic mass is 9.47. The molecule has 338 valence electrons. The highest BCUT2D eigenvalue weighted by Gasteiger charge is 2.59. The Morgan fingerprint density at radius 2 is 1.45 bits per heavy atom. The number of aliphatic hydroxyl groups is 3. The molecule has 7 nitrogen and oxygen atoms in total. The summed E-state index contributed by atoms with van der Waals surface area (Å²) in [6.45, 7) is 16.8. The van der Waals surface area contributed by atoms with E-state index in [-0.39, 0.29) is 24.5 Å². The van der Waals surface area contributed by atoms with Crippen molar-refractivity contribution >= 4 is 5.97 Å². The number of rotatable bonds is 21. The Hall–Kier alpha value is -2.29. The molecular formula is C53H84O7. The summed E-state index contributed by atoms with van der Waals surface area (Å²) in [6.07, 6.45) is 34.8. The Kier molecular flexibility index (Phi) is 19.0. The van der Waals surface area contributed by atoms with Crippen molar-refractivity contribution in [3.63, 3.8) is 0 Å². The zero-order valence-corrected chi connectivity index (χ0v) is 38.6. The average Bonchev–Trinajstić information content (AvgIpc) is 3.59. The number of hydrogen-bond acceptors (Lipinski definition) is 7. The second-order valence-electron chi connectivity index (χ2n) is 20.1. The third kappa shape index (κ3) is 12.2. The van der Waals surface area contributed by atoms with Crippen LogP contribution in [-0.4, -0.2) is 64.7 Å². The minimum Gasteiger partial charge on any atom is -0.463 e. The van der Waals surface area contributed by atoms with Crippen molar-refractivity contribution in [3.05, 3.63) is 72.4 Å². The van der Waals surface area contributed by atoms with Crippen LogP contribution in [0.1, 0.15) is 158 Å². The van der Waals surface area contributed by atoms with Crippen LogP contribution < -0.4 is 0 Å². The standard InChI is InChI=1S/C53H84O7/c1-8-10-11-12-13-14-15-16-17-18-19-20-21-22-23-24-47(54)58-36-46-48(55)49(56)50(57)51(60-46)59-41-31-33-52(6)40(35-41)27-28-42-44-30-29-43(53(44,7)34-32-45(42)52)38(5)25-26-39(9-2)37(3)4/h10-11,13-14,16-17,19-20,22-23,27,37-39,41-46,48-51,55-57H,8-9,12,15,18,21,24-26,28-36H2,1-7H3/b11-10-,14-13-,17-16-,20-19-,23-22-. The largest absolute Gasteiger partial charge is 0.463 e. The van der Waals surface area contributed by atoms with Gasteiger partial charge in [0.25, 0.3) is 0 Å². The van der Waals surface area contributed by atoms with Crippen molar-refractivity contribution in [2.24, 2.45) is 52.3 Å². The van der Waals surface area contributed by atoms with Crippen LogP contribution in [0.25, 0.3) is 0 Å². The van der Waals surface area contributed by atoms with Crippen LogP contribution in [0, 0.1) is 52.3 Å². The molecular weight excluding hydrogens is 749 g/mol. The molecule has 0 aromatic rings. The second-order valence-corrected chi connectivity index (χ2v) is 20.1. The van der Waals surface area contributed by atoms with Crippen molar-refractivity contribution in [1.82, 2.24) is 0 Å². The van der Waals surface area contributed by atoms with Crippen LogP contribution in [0.3, 0.4) is 0 Å². The summed E-state index contributed by atoms with van der Waals surface area (Å²) in [5.41, 5.74) is 2.09. The lowest BCUT2D eigenvalue weighted by molar-refractivity contribution is -0.313. The summed E-state index contributed by atoms with van der Waals surface area (Å²) in [7, 11) is 0. The van der Waals surface area contributed by atoms with E-state index in [0.29, 0.717) is 11.3 Å². The van der Waals surface area contributed by atoms with Crippen molar-refractivity contribution in [3.8, 4) is 0 Å². The van der Waals surface area contributed by atoms with Crippen molar-refractivity contribution in [2.75, 3.05) is 6.61 Å². The van der Waals surface area contributed by atoms with Gasteiger partial charge in [0, 0.05) is 0 Å². The Morgan fingerprint density at radius 1 is 0.800 bits per heavy atom. The van der Waals surface area contributed by atoms with Crippen LogP contribution in [0.2, 0.25) is 0 Å². The van der Waals surface area contributed by atoms with E-state index < -0.39 is 36.7 Å². The van der Waals surface area contributed by atoms with Gasteiger partial charge in [-0.25, -0.2) is 0 Å². The van der Waals surface area contributed by atoms with Gasteiger partial charge in [-0.15, -0.1) is 0 Å². The lowest BCUT2D eigenvalue weighted by Crippen LogP contribution is -2.60. The topological polar surface area (TPSA) is 105 Å². The highest BCUT2D eigenvalue weighted by Crippen LogP contribution is 2.67. The SMILES string of the molecule is CC/C=C\C/C=C\C/C=C\C/C=C\C/C=C\CC(=O)OCC1OC(OC2CCC3(C)C(=CCC4C3CCC3(C)C(C(C)CCC(CC)C(C)C)CCC43)C2)C(O)C(O)C1O. The number of allylic oxidation sites excluding steroid dienone is 10. The molecule has 7 heteroatoms. The molecule has 5 aliphatic rings. The third-order valence-electron chi connectivity index (χ3n) is 16.1. The molecule has 1 heterocycles. The van der Waals surface area contributed by atoms with E-state index >= 15 is 0 Å². The number of hydrogen-bond donors (Lipinski definition) is 3. The Morgan fingerprint density at radius 3 is 2.08 bits per heavy atom. The van der Waals surface area contributed by atoms with E-state index in [1.807, 2.05) is 6.08 Å². The summed E-state index contributed by atoms with van der Waals surface area (Å²) in [6, 6.07) is 0. The second kappa shape index (κ2) is 23.4. The summed E-state index contributed by atoms with van der Waals surface area (Å²) in [5.74, 6) is 5.04. The Bertz CT molecular complexity index is 1510. The molecule has 0 spiro atoms. The van der Waals surface area contributed by atoms with E-state index in [4.69, 9.17) is 14.2 Å². The Labute approximate surface area is 364 Å². The van der Waals surface area contributed by atoms with Gasteiger partial charge in [-0.3, -0.25) is 4.79 Å². The normalized spacial score (nSPS) is 37.0. The molecule has 1 aliphatic heterocycles. The molecule has 3 N–H and O–H groups in total. The van der Waals surface area contributed by atoms with E-state index in [2.05, 4.69) is 103 Å². The fourth-order valence-corrected chi connectivity index (χ4v) is 12.4. The molecule has 14 unspecified atom stereocenters. The van der Waals surface area contributed by atoms with Gasteiger partial charge in [0.2, 0.25) is 0 Å². The molecule has 4 aliphatic carbocycles. The minimum atomic E-state index is -1.47. The molecule has 0 radical (unpaired) electrons. The summed E-state index contributed by atoms with van der Waals surface area (Å²) in [4.78, 5) is 12.5. The van der Waals surface area contributed by atoms with Gasteiger partial charge in [0.05, 0.1) is 12.5 Å². The minimum absolute atomic E-state index is 0.0941. The van der Waals surface area contributed by atoms with Crippen LogP contribution >= 0.6 is 0 Å². The quantitative estimate of drug-likeness (QED) is 0.0781. The van der Waals surface area contributed by atoms with Crippen molar-refractivity contribution in [1.29, 1.82) is 0 Å². The highest BCUT2D eigenvalue weighted by atomic mass is 16.7. The molecule has 0 amide bonds. The molecule has 3 saturated carbocycles. The van der Waals surface area contributed by atoms with Gasteiger partial charge in [-0.1, -0.05) is 134 Å². The third-order valence-corrected chi connectivity index (χ3v) is 16.1. The Balaban J connectivity index is 1.06. The van der Waals surface area contributed by atoms with Gasteiger partial charge in [-0.2, -0.15) is 0 Å². The number of carbonyl (C=O) groups is 1. The first kappa shape index (κ1) is 48.7. The van der Waals surface area contributed by atoms with Gasteiger partial charge < -0.3 is 29.5 Å². The van der Waals surface area contributed by atoms with E-state index in [1.54, 1.807) is 6.08 Å². The first-order valence-corrected chi connectivity index (χ1v) is 24.3. The first-order valence-electron chi connectivity index (χ1n) is 24.3. The lowest BCUT2D eigenvalue weighted by Gasteiger charge is -2.58. The predicted molar refractivity (Wildman–Crippen MR) is 244 cm³/mol. The summed E-state index contributed by atoms with van der Waals surface area (Å²) in [5, 5.41) is 32.5. The van der Waals surface area contributed by atoms with Gasteiger partial charge in [-0.05, 0) is 142 Å².